The number of likely N-dealkylation sites (tertiary alicyclic amines) is 1. The van der Waals surface area contributed by atoms with Gasteiger partial charge >= 0.3 is 0 Å². The first-order valence-electron chi connectivity index (χ1n) is 11.5. The van der Waals surface area contributed by atoms with Gasteiger partial charge in [0.05, 0.1) is 11.0 Å². The molecule has 1 aromatic carbocycles. The predicted molar refractivity (Wildman–Crippen MR) is 114 cm³/mol. The van der Waals surface area contributed by atoms with Gasteiger partial charge < -0.3 is 24.6 Å². The highest BCUT2D eigenvalue weighted by Gasteiger charge is 2.80. The zero-order valence-corrected chi connectivity index (χ0v) is 18.4. The summed E-state index contributed by atoms with van der Waals surface area (Å²) in [5.74, 6) is 0.823. The van der Waals surface area contributed by atoms with E-state index in [1.165, 1.54) is 11.1 Å². The molecule has 5 heteroatoms. The molecule has 5 nitrogen and oxygen atoms in total. The Morgan fingerprint density at radius 2 is 2.13 bits per heavy atom. The molecule has 0 radical (unpaired) electrons. The number of piperidine rings is 1. The number of aliphatic hydroxyl groups is 1. The third-order valence-electron chi connectivity index (χ3n) is 9.58. The Kier molecular flexibility index (Phi) is 3.59. The zero-order chi connectivity index (χ0) is 21.1. The molecule has 7 rings (SSSR count). The average molecular weight is 412 g/mol. The van der Waals surface area contributed by atoms with E-state index in [2.05, 4.69) is 37.1 Å². The Morgan fingerprint density at radius 3 is 2.87 bits per heavy atom. The van der Waals surface area contributed by atoms with Crippen molar-refractivity contribution in [3.8, 4) is 11.5 Å². The van der Waals surface area contributed by atoms with Crippen LogP contribution >= 0.6 is 0 Å². The SMILES string of the molecule is CCCC(C)(O)C1C[C@]23C=CC1(OC)C1Oc4c(O)ccc5c4[C@@]12CCN(C)[C@H]3C5. The lowest BCUT2D eigenvalue weighted by molar-refractivity contribution is -0.247. The molecule has 1 aromatic rings. The molecular formula is C25H33NO4. The number of nitrogens with zero attached hydrogens (tertiary/aromatic N) is 1. The maximum atomic E-state index is 11.7. The second-order valence-corrected chi connectivity index (χ2v) is 10.7. The lowest BCUT2D eigenvalue weighted by atomic mass is 9.36. The maximum absolute atomic E-state index is 11.7. The van der Waals surface area contributed by atoms with Crippen LogP contribution in [0, 0.1) is 11.3 Å². The van der Waals surface area contributed by atoms with Crippen LogP contribution in [-0.2, 0) is 16.6 Å². The molecule has 30 heavy (non-hydrogen) atoms. The van der Waals surface area contributed by atoms with E-state index >= 15 is 0 Å². The summed E-state index contributed by atoms with van der Waals surface area (Å²) in [6.07, 6.45) is 8.86. The first-order valence-corrected chi connectivity index (χ1v) is 11.5. The van der Waals surface area contributed by atoms with Gasteiger partial charge in [-0.2, -0.15) is 0 Å². The number of aromatic hydroxyl groups is 1. The van der Waals surface area contributed by atoms with Crippen molar-refractivity contribution in [1.29, 1.82) is 0 Å². The van der Waals surface area contributed by atoms with Gasteiger partial charge in [-0.05, 0) is 57.8 Å². The van der Waals surface area contributed by atoms with Crippen molar-refractivity contribution in [3.63, 3.8) is 0 Å². The first kappa shape index (κ1) is 19.1. The molecule has 0 amide bonds. The fourth-order valence-corrected chi connectivity index (χ4v) is 8.44. The Hall–Kier alpha value is -1.56. The van der Waals surface area contributed by atoms with Crippen molar-refractivity contribution >= 4 is 0 Å². The van der Waals surface area contributed by atoms with Gasteiger partial charge in [-0.25, -0.2) is 0 Å². The molecule has 6 aliphatic rings. The van der Waals surface area contributed by atoms with E-state index in [1.54, 1.807) is 13.2 Å². The van der Waals surface area contributed by atoms with Crippen LogP contribution in [0.15, 0.2) is 24.3 Å². The Morgan fingerprint density at radius 1 is 1.33 bits per heavy atom. The molecule has 4 bridgehead atoms. The third kappa shape index (κ3) is 1.80. The summed E-state index contributed by atoms with van der Waals surface area (Å²) in [6, 6.07) is 4.23. The molecule has 2 aliphatic heterocycles. The number of benzene rings is 1. The molecule has 1 saturated heterocycles. The van der Waals surface area contributed by atoms with E-state index < -0.39 is 11.2 Å². The minimum atomic E-state index is -0.850. The Balaban J connectivity index is 1.66. The first-order chi connectivity index (χ1) is 14.3. The lowest BCUT2D eigenvalue weighted by Crippen LogP contribution is -2.80. The normalized spacial score (nSPS) is 44.5. The van der Waals surface area contributed by atoms with Gasteiger partial charge in [0.2, 0.25) is 0 Å². The summed E-state index contributed by atoms with van der Waals surface area (Å²) in [7, 11) is 4.00. The van der Waals surface area contributed by atoms with Crippen LogP contribution in [0.25, 0.3) is 0 Å². The number of phenolic OH excluding ortho intramolecular Hbond substituents is 1. The highest BCUT2D eigenvalue weighted by Crippen LogP contribution is 2.75. The van der Waals surface area contributed by atoms with E-state index in [9.17, 15) is 10.2 Å². The van der Waals surface area contributed by atoms with E-state index in [4.69, 9.17) is 9.47 Å². The molecule has 7 atom stereocenters. The summed E-state index contributed by atoms with van der Waals surface area (Å²) in [5.41, 5.74) is 0.625. The van der Waals surface area contributed by atoms with Gasteiger partial charge in [0.25, 0.3) is 0 Å². The minimum Gasteiger partial charge on any atom is -0.504 e. The number of hydrogen-bond acceptors (Lipinski definition) is 5. The van der Waals surface area contributed by atoms with Crippen LogP contribution in [-0.4, -0.2) is 59.2 Å². The molecule has 2 heterocycles. The second kappa shape index (κ2) is 5.62. The molecule has 4 unspecified atom stereocenters. The monoisotopic (exact) mass is 411 g/mol. The van der Waals surface area contributed by atoms with Crippen LogP contribution in [0.2, 0.25) is 0 Å². The summed E-state index contributed by atoms with van der Waals surface area (Å²) >= 11 is 0. The lowest BCUT2D eigenvalue weighted by Gasteiger charge is -2.72. The van der Waals surface area contributed by atoms with E-state index in [-0.39, 0.29) is 28.6 Å². The van der Waals surface area contributed by atoms with Crippen molar-refractivity contribution in [1.82, 2.24) is 4.90 Å². The Labute approximate surface area is 178 Å². The fraction of sp³-hybridized carbons (Fsp3) is 0.680. The number of ether oxygens (including phenoxy) is 2. The average Bonchev–Trinajstić information content (AvgIpc) is 3.09. The predicted octanol–water partition coefficient (Wildman–Crippen LogP) is 3.16. The summed E-state index contributed by atoms with van der Waals surface area (Å²) < 4.78 is 13.1. The fourth-order valence-electron chi connectivity index (χ4n) is 8.44. The molecule has 2 N–H and O–H groups in total. The van der Waals surface area contributed by atoms with Crippen molar-refractivity contribution in [2.45, 2.75) is 74.7 Å². The zero-order valence-electron chi connectivity index (χ0n) is 18.4. The van der Waals surface area contributed by atoms with Crippen LogP contribution in [0.1, 0.15) is 50.7 Å². The number of fused-ring (bicyclic) bond motifs is 1. The summed E-state index contributed by atoms with van der Waals surface area (Å²) in [5, 5.41) is 22.4. The molecular weight excluding hydrogens is 378 g/mol. The van der Waals surface area contributed by atoms with Crippen LogP contribution in [0.5, 0.6) is 11.5 Å². The van der Waals surface area contributed by atoms with Crippen LogP contribution in [0.3, 0.4) is 0 Å². The molecule has 0 aromatic heterocycles. The molecule has 4 aliphatic carbocycles. The van der Waals surface area contributed by atoms with Crippen molar-refractivity contribution in [2.75, 3.05) is 20.7 Å². The number of likely N-dealkylation sites (N-methyl/N-ethyl adjacent to an activating group) is 1. The quantitative estimate of drug-likeness (QED) is 0.746. The maximum Gasteiger partial charge on any atom is 0.165 e. The van der Waals surface area contributed by atoms with Gasteiger partial charge in [-0.15, -0.1) is 0 Å². The standard InChI is InChI=1S/C25H33NO4/c1-5-8-22(2,28)17-14-23-9-10-25(17,29-4)21-24(23)11-12-26(3)18(23)13-15-6-7-16(27)20(30-21)19(15)24/h6-7,9-10,17-18,21,27-28H,5,8,11-14H2,1-4H3/t17?,18-,21?,22?,23-,24-,25?/m0/s1. The van der Waals surface area contributed by atoms with E-state index in [1.807, 2.05) is 6.92 Å². The van der Waals surface area contributed by atoms with Gasteiger partial charge in [-0.1, -0.05) is 31.6 Å². The topological polar surface area (TPSA) is 62.2 Å². The van der Waals surface area contributed by atoms with Crippen molar-refractivity contribution < 1.29 is 19.7 Å². The third-order valence-corrected chi connectivity index (χ3v) is 9.58. The molecule has 2 spiro atoms. The number of hydrogen-bond donors (Lipinski definition) is 2. The van der Waals surface area contributed by atoms with Gasteiger partial charge in [0.1, 0.15) is 11.7 Å². The van der Waals surface area contributed by atoms with Crippen LogP contribution in [0.4, 0.5) is 0 Å². The highest BCUT2D eigenvalue weighted by atomic mass is 16.6. The molecule has 1 saturated carbocycles. The van der Waals surface area contributed by atoms with E-state index in [0.717, 1.165) is 38.6 Å². The van der Waals surface area contributed by atoms with Gasteiger partial charge in [-0.3, -0.25) is 0 Å². The van der Waals surface area contributed by atoms with Crippen molar-refractivity contribution in [2.24, 2.45) is 11.3 Å². The second-order valence-electron chi connectivity index (χ2n) is 10.7. The van der Waals surface area contributed by atoms with Gasteiger partial charge in [0.15, 0.2) is 11.5 Å². The number of methoxy groups -OCH3 is 1. The minimum absolute atomic E-state index is 0.0647. The number of rotatable bonds is 4. The van der Waals surface area contributed by atoms with Gasteiger partial charge in [0, 0.05) is 30.0 Å². The number of phenols is 1. The molecule has 162 valence electrons. The largest absolute Gasteiger partial charge is 0.504 e. The Bertz CT molecular complexity index is 957. The summed E-state index contributed by atoms with van der Waals surface area (Å²) in [4.78, 5) is 2.51. The summed E-state index contributed by atoms with van der Waals surface area (Å²) in [6.45, 7) is 5.11. The van der Waals surface area contributed by atoms with Crippen LogP contribution < -0.4 is 4.74 Å². The van der Waals surface area contributed by atoms with Crippen molar-refractivity contribution in [3.05, 3.63) is 35.4 Å². The smallest absolute Gasteiger partial charge is 0.165 e. The van der Waals surface area contributed by atoms with E-state index in [0.29, 0.717) is 11.8 Å². The molecule has 2 fully saturated rings. The highest BCUT2D eigenvalue weighted by molar-refractivity contribution is 5.65.